The molecular formula is C21H15BrN4O3. The molecule has 0 aliphatic carbocycles. The normalized spacial score (nSPS) is 15.4. The number of aromatic nitrogens is 2. The van der Waals surface area contributed by atoms with E-state index in [1.165, 1.54) is 12.1 Å². The van der Waals surface area contributed by atoms with E-state index in [2.05, 4.69) is 27.1 Å². The number of rotatable bonds is 3. The molecule has 0 saturated carbocycles. The molecule has 144 valence electrons. The largest absolute Gasteiger partial charge is 0.478 e. The van der Waals surface area contributed by atoms with Crippen molar-refractivity contribution in [2.75, 3.05) is 0 Å². The second-order valence-corrected chi connectivity index (χ2v) is 7.39. The van der Waals surface area contributed by atoms with E-state index in [-0.39, 0.29) is 5.56 Å². The fraction of sp³-hybridized carbons (Fsp3) is 0.0952. The number of nitrogens with two attached hydrogens (primary N) is 1. The lowest BCUT2D eigenvalue weighted by molar-refractivity contribution is 0.0697. The Hall–Kier alpha value is -3.41. The number of benzene rings is 2. The maximum atomic E-state index is 11.1. The summed E-state index contributed by atoms with van der Waals surface area (Å²) >= 11 is 3.42. The minimum absolute atomic E-state index is 0.173. The number of fused-ring (bicyclic) bond motifs is 1. The van der Waals surface area contributed by atoms with Crippen LogP contribution in [0.3, 0.4) is 0 Å². The van der Waals surface area contributed by atoms with Crippen LogP contribution in [0.2, 0.25) is 0 Å². The first kappa shape index (κ1) is 18.9. The highest BCUT2D eigenvalue weighted by Crippen LogP contribution is 2.42. The molecule has 29 heavy (non-hydrogen) atoms. The quantitative estimate of drug-likeness (QED) is 0.629. The van der Waals surface area contributed by atoms with Crippen LogP contribution in [0.4, 0.5) is 0 Å². The van der Waals surface area contributed by atoms with E-state index >= 15 is 0 Å². The van der Waals surface area contributed by atoms with E-state index in [1.807, 2.05) is 31.2 Å². The lowest BCUT2D eigenvalue weighted by Gasteiger charge is -2.24. The van der Waals surface area contributed by atoms with Crippen LogP contribution in [0.15, 0.2) is 58.6 Å². The van der Waals surface area contributed by atoms with Gasteiger partial charge < -0.3 is 9.84 Å². The van der Waals surface area contributed by atoms with Crippen molar-refractivity contribution in [3.05, 3.63) is 81.0 Å². The van der Waals surface area contributed by atoms with E-state index in [1.54, 1.807) is 16.8 Å². The van der Waals surface area contributed by atoms with Gasteiger partial charge >= 0.3 is 5.97 Å². The maximum Gasteiger partial charge on any atom is 0.335 e. The van der Waals surface area contributed by atoms with Gasteiger partial charge in [-0.25, -0.2) is 9.48 Å². The van der Waals surface area contributed by atoms with Crippen LogP contribution in [0.1, 0.15) is 27.2 Å². The van der Waals surface area contributed by atoms with Gasteiger partial charge in [-0.1, -0.05) is 28.1 Å². The van der Waals surface area contributed by atoms with Crippen LogP contribution < -0.4 is 10.5 Å². The third-order valence-corrected chi connectivity index (χ3v) is 5.20. The number of ether oxygens (including phenoxy) is 1. The number of aromatic carboxylic acids is 1. The standard InChI is InChI=1S/C21H15BrN4O3/c1-11-17-18(12-2-6-14(22)7-3-12)16(10-23)19(24)29-20(17)26(25-11)15-8-4-13(5-9-15)21(27)28/h2-9,19H,24H2,1H3,(H,27,28). The van der Waals surface area contributed by atoms with Gasteiger partial charge in [0.1, 0.15) is 6.07 Å². The topological polar surface area (TPSA) is 114 Å². The summed E-state index contributed by atoms with van der Waals surface area (Å²) in [6.45, 7) is 1.83. The predicted molar refractivity (Wildman–Crippen MR) is 110 cm³/mol. The summed E-state index contributed by atoms with van der Waals surface area (Å²) in [5, 5.41) is 23.4. The van der Waals surface area contributed by atoms with Gasteiger partial charge in [-0.3, -0.25) is 5.73 Å². The highest BCUT2D eigenvalue weighted by molar-refractivity contribution is 9.10. The number of carboxylic acid groups (broad SMARTS) is 1. The Kier molecular flexibility index (Phi) is 4.70. The van der Waals surface area contributed by atoms with E-state index in [9.17, 15) is 10.1 Å². The summed E-state index contributed by atoms with van der Waals surface area (Å²) in [5.74, 6) is -0.595. The number of halogens is 1. The molecular weight excluding hydrogens is 436 g/mol. The molecule has 0 spiro atoms. The molecule has 3 aromatic rings. The first-order chi connectivity index (χ1) is 13.9. The Balaban J connectivity index is 1.92. The predicted octanol–water partition coefficient (Wildman–Crippen LogP) is 3.64. The molecule has 8 heteroatoms. The number of aryl methyl sites for hydroxylation is 1. The van der Waals surface area contributed by atoms with Gasteiger partial charge in [0.15, 0.2) is 6.23 Å². The second-order valence-electron chi connectivity index (χ2n) is 6.48. The highest BCUT2D eigenvalue weighted by atomic mass is 79.9. The van der Waals surface area contributed by atoms with Gasteiger partial charge in [-0.15, -0.1) is 0 Å². The summed E-state index contributed by atoms with van der Waals surface area (Å²) < 4.78 is 8.36. The van der Waals surface area contributed by atoms with Gasteiger partial charge in [0.05, 0.1) is 28.1 Å². The number of nitrogens with zero attached hydrogens (tertiary/aromatic N) is 3. The monoisotopic (exact) mass is 450 g/mol. The van der Waals surface area contributed by atoms with Crippen molar-refractivity contribution >= 4 is 27.5 Å². The van der Waals surface area contributed by atoms with Gasteiger partial charge in [0.25, 0.3) is 0 Å². The Morgan fingerprint density at radius 1 is 1.24 bits per heavy atom. The van der Waals surface area contributed by atoms with Crippen molar-refractivity contribution in [3.8, 4) is 17.6 Å². The SMILES string of the molecule is Cc1nn(-c2ccc(C(=O)O)cc2)c2c1C(c1ccc(Br)cc1)=C(C#N)C(N)O2. The average Bonchev–Trinajstić information content (AvgIpc) is 3.03. The summed E-state index contributed by atoms with van der Waals surface area (Å²) in [6, 6.07) is 16.0. The smallest absolute Gasteiger partial charge is 0.335 e. The Labute approximate surface area is 174 Å². The molecule has 1 aliphatic heterocycles. The number of carbonyl (C=O) groups is 1. The minimum Gasteiger partial charge on any atom is -0.478 e. The van der Waals surface area contributed by atoms with Crippen molar-refractivity contribution in [2.45, 2.75) is 13.2 Å². The molecule has 0 bridgehead atoms. The summed E-state index contributed by atoms with van der Waals surface area (Å²) in [7, 11) is 0. The Morgan fingerprint density at radius 2 is 1.90 bits per heavy atom. The zero-order chi connectivity index (χ0) is 20.7. The molecule has 7 nitrogen and oxygen atoms in total. The third-order valence-electron chi connectivity index (χ3n) is 4.67. The summed E-state index contributed by atoms with van der Waals surface area (Å²) in [4.78, 5) is 11.1. The van der Waals surface area contributed by atoms with Gasteiger partial charge in [0, 0.05) is 10.0 Å². The number of hydrogen-bond donors (Lipinski definition) is 2. The fourth-order valence-electron chi connectivity index (χ4n) is 3.31. The Morgan fingerprint density at radius 3 is 2.48 bits per heavy atom. The van der Waals surface area contributed by atoms with Crippen LogP contribution >= 0.6 is 15.9 Å². The molecule has 4 rings (SSSR count). The van der Waals surface area contributed by atoms with Crippen molar-refractivity contribution in [1.82, 2.24) is 9.78 Å². The van der Waals surface area contributed by atoms with Crippen molar-refractivity contribution in [3.63, 3.8) is 0 Å². The molecule has 0 saturated heterocycles. The van der Waals surface area contributed by atoms with E-state index in [0.717, 1.165) is 10.0 Å². The van der Waals surface area contributed by atoms with Gasteiger partial charge in [-0.05, 0) is 48.9 Å². The molecule has 2 heterocycles. The van der Waals surface area contributed by atoms with E-state index in [0.29, 0.717) is 34.0 Å². The molecule has 1 aromatic heterocycles. The number of carboxylic acids is 1. The Bertz CT molecular complexity index is 1190. The molecule has 3 N–H and O–H groups in total. The van der Waals surface area contributed by atoms with Crippen LogP contribution in [0, 0.1) is 18.3 Å². The molecule has 0 amide bonds. The molecule has 1 atom stereocenters. The summed E-state index contributed by atoms with van der Waals surface area (Å²) in [6.07, 6.45) is -0.945. The number of hydrogen-bond acceptors (Lipinski definition) is 5. The maximum absolute atomic E-state index is 11.1. The molecule has 1 unspecified atom stereocenters. The minimum atomic E-state index is -1.01. The fourth-order valence-corrected chi connectivity index (χ4v) is 3.58. The third kappa shape index (κ3) is 3.20. The first-order valence-corrected chi connectivity index (χ1v) is 9.46. The van der Waals surface area contributed by atoms with Gasteiger partial charge in [-0.2, -0.15) is 10.4 Å². The highest BCUT2D eigenvalue weighted by Gasteiger charge is 2.33. The van der Waals surface area contributed by atoms with Crippen LogP contribution in [0.25, 0.3) is 11.3 Å². The number of nitriles is 1. The van der Waals surface area contributed by atoms with Crippen LogP contribution in [-0.4, -0.2) is 27.1 Å². The molecule has 2 aromatic carbocycles. The van der Waals surface area contributed by atoms with Crippen molar-refractivity contribution in [1.29, 1.82) is 5.26 Å². The van der Waals surface area contributed by atoms with E-state index < -0.39 is 12.2 Å². The van der Waals surface area contributed by atoms with Crippen LogP contribution in [0.5, 0.6) is 5.88 Å². The molecule has 0 radical (unpaired) electrons. The van der Waals surface area contributed by atoms with Crippen molar-refractivity contribution < 1.29 is 14.6 Å². The molecule has 1 aliphatic rings. The van der Waals surface area contributed by atoms with E-state index in [4.69, 9.17) is 15.6 Å². The average molecular weight is 451 g/mol. The summed E-state index contributed by atoms with van der Waals surface area (Å²) in [5.41, 5.74) is 10.1. The second kappa shape index (κ2) is 7.20. The zero-order valence-corrected chi connectivity index (χ0v) is 16.8. The first-order valence-electron chi connectivity index (χ1n) is 8.67. The lowest BCUT2D eigenvalue weighted by atomic mass is 9.91. The van der Waals surface area contributed by atoms with Crippen molar-refractivity contribution in [2.24, 2.45) is 5.73 Å². The van der Waals surface area contributed by atoms with Gasteiger partial charge in [0.2, 0.25) is 5.88 Å². The van der Waals surface area contributed by atoms with Crippen LogP contribution in [-0.2, 0) is 0 Å². The molecule has 0 fully saturated rings. The lowest BCUT2D eigenvalue weighted by Crippen LogP contribution is -2.33. The zero-order valence-electron chi connectivity index (χ0n) is 15.3.